The molecular formula is C29H34ClN3O5S. The minimum absolute atomic E-state index is 0.0572. The smallest absolute Gasteiger partial charge is 0.247 e. The third kappa shape index (κ3) is 8.90. The summed E-state index contributed by atoms with van der Waals surface area (Å²) in [5.74, 6) is -0.574. The molecule has 8 nitrogen and oxygen atoms in total. The highest BCUT2D eigenvalue weighted by molar-refractivity contribution is 7.89. The topological polar surface area (TPSA) is 116 Å². The van der Waals surface area contributed by atoms with Crippen LogP contribution in [0.15, 0.2) is 83.8 Å². The van der Waals surface area contributed by atoms with E-state index >= 15 is 0 Å². The maximum Gasteiger partial charge on any atom is 0.247 e. The van der Waals surface area contributed by atoms with Gasteiger partial charge in [-0.2, -0.15) is 0 Å². The van der Waals surface area contributed by atoms with Gasteiger partial charge in [-0.15, -0.1) is 0 Å². The highest BCUT2D eigenvalue weighted by Gasteiger charge is 2.31. The van der Waals surface area contributed by atoms with Gasteiger partial charge in [0, 0.05) is 37.7 Å². The molecule has 3 aromatic rings. The molecule has 3 rings (SSSR count). The molecule has 0 saturated carbocycles. The van der Waals surface area contributed by atoms with E-state index in [2.05, 4.69) is 10.0 Å². The zero-order chi connectivity index (χ0) is 28.3. The predicted molar refractivity (Wildman–Crippen MR) is 152 cm³/mol. The molecule has 0 aliphatic heterocycles. The Balaban J connectivity index is 1.87. The van der Waals surface area contributed by atoms with Gasteiger partial charge in [0.25, 0.3) is 0 Å². The van der Waals surface area contributed by atoms with Crippen LogP contribution in [-0.4, -0.2) is 49.9 Å². The number of aliphatic hydroxyl groups excluding tert-OH is 1. The summed E-state index contributed by atoms with van der Waals surface area (Å²) in [7, 11) is -3.57. The average Bonchev–Trinajstić information content (AvgIpc) is 2.93. The maximum absolute atomic E-state index is 13.7. The SMILES string of the molecule is CCNS(=O)(=O)c1ccc(CCC(=O)N(Cc2ccc(Cl)cc2)C(C(=O)NCCCO)c2ccccc2)cc1. The number of rotatable bonds is 14. The molecule has 0 heterocycles. The number of carbonyl (C=O) groups excluding carboxylic acids is 2. The van der Waals surface area contributed by atoms with E-state index < -0.39 is 16.1 Å². The Morgan fingerprint density at radius 1 is 0.949 bits per heavy atom. The standard InChI is InChI=1S/C29H34ClN3O5S/c1-2-32-39(37,38)26-16-11-22(12-17-26)13-18-27(35)33(21-23-9-14-25(30)15-10-23)28(24-7-4-3-5-8-24)29(36)31-19-6-20-34/h3-5,7-12,14-17,28,32,34H,2,6,13,18-21H2,1H3,(H,31,36). The van der Waals surface area contributed by atoms with Crippen molar-refractivity contribution in [2.75, 3.05) is 19.7 Å². The molecule has 39 heavy (non-hydrogen) atoms. The molecule has 208 valence electrons. The number of aliphatic hydroxyl groups is 1. The minimum Gasteiger partial charge on any atom is -0.396 e. The van der Waals surface area contributed by atoms with E-state index in [9.17, 15) is 18.0 Å². The third-order valence-electron chi connectivity index (χ3n) is 6.09. The number of aryl methyl sites for hydroxylation is 1. The van der Waals surface area contributed by atoms with Gasteiger partial charge in [0.2, 0.25) is 21.8 Å². The zero-order valence-electron chi connectivity index (χ0n) is 21.8. The Kier molecular flexibility index (Phi) is 11.5. The molecule has 0 fully saturated rings. The number of hydrogen-bond acceptors (Lipinski definition) is 5. The van der Waals surface area contributed by atoms with Crippen LogP contribution in [0.2, 0.25) is 5.02 Å². The number of hydrogen-bond donors (Lipinski definition) is 3. The van der Waals surface area contributed by atoms with Crippen molar-refractivity contribution in [3.63, 3.8) is 0 Å². The summed E-state index contributed by atoms with van der Waals surface area (Å²) >= 11 is 6.06. The number of carbonyl (C=O) groups is 2. The molecule has 3 N–H and O–H groups in total. The second-order valence-electron chi connectivity index (χ2n) is 8.97. The number of halogens is 1. The number of amides is 2. The van der Waals surface area contributed by atoms with Crippen LogP contribution in [0.4, 0.5) is 0 Å². The fourth-order valence-corrected chi connectivity index (χ4v) is 5.28. The summed E-state index contributed by atoms with van der Waals surface area (Å²) < 4.78 is 26.9. The fourth-order valence-electron chi connectivity index (χ4n) is 4.11. The Hall–Kier alpha value is -3.24. The van der Waals surface area contributed by atoms with Gasteiger partial charge in [0.15, 0.2) is 0 Å². The van der Waals surface area contributed by atoms with Crippen molar-refractivity contribution in [3.05, 3.63) is 101 Å². The van der Waals surface area contributed by atoms with Gasteiger partial charge in [0.1, 0.15) is 6.04 Å². The summed E-state index contributed by atoms with van der Waals surface area (Å²) in [6, 6.07) is 21.7. The number of nitrogens with one attached hydrogen (secondary N) is 2. The van der Waals surface area contributed by atoms with Crippen LogP contribution in [-0.2, 0) is 32.6 Å². The number of benzene rings is 3. The monoisotopic (exact) mass is 571 g/mol. The molecule has 0 bridgehead atoms. The van der Waals surface area contributed by atoms with Crippen LogP contribution >= 0.6 is 11.6 Å². The summed E-state index contributed by atoms with van der Waals surface area (Å²) in [4.78, 5) is 28.8. The summed E-state index contributed by atoms with van der Waals surface area (Å²) in [6.45, 7) is 2.41. The van der Waals surface area contributed by atoms with Crippen molar-refractivity contribution < 1.29 is 23.1 Å². The molecular weight excluding hydrogens is 538 g/mol. The molecule has 0 radical (unpaired) electrons. The lowest BCUT2D eigenvalue weighted by molar-refractivity contribution is -0.141. The third-order valence-corrected chi connectivity index (χ3v) is 7.90. The van der Waals surface area contributed by atoms with E-state index in [1.165, 1.54) is 12.1 Å². The van der Waals surface area contributed by atoms with Crippen molar-refractivity contribution in [1.29, 1.82) is 0 Å². The van der Waals surface area contributed by atoms with E-state index in [1.807, 2.05) is 42.5 Å². The molecule has 0 aliphatic carbocycles. The molecule has 0 aromatic heterocycles. The first-order valence-electron chi connectivity index (χ1n) is 12.8. The quantitative estimate of drug-likeness (QED) is 0.254. The zero-order valence-corrected chi connectivity index (χ0v) is 23.4. The van der Waals surface area contributed by atoms with Gasteiger partial charge in [-0.3, -0.25) is 9.59 Å². The second-order valence-corrected chi connectivity index (χ2v) is 11.2. The average molecular weight is 572 g/mol. The molecule has 0 spiro atoms. The lowest BCUT2D eigenvalue weighted by atomic mass is 10.0. The second kappa shape index (κ2) is 14.8. The Morgan fingerprint density at radius 3 is 2.21 bits per heavy atom. The highest BCUT2D eigenvalue weighted by Crippen LogP contribution is 2.26. The van der Waals surface area contributed by atoms with E-state index in [0.717, 1.165) is 11.1 Å². The Morgan fingerprint density at radius 2 is 1.59 bits per heavy atom. The van der Waals surface area contributed by atoms with Gasteiger partial charge in [-0.05, 0) is 53.8 Å². The Labute approximate surface area is 235 Å². The molecule has 3 aromatic carbocycles. The van der Waals surface area contributed by atoms with Crippen LogP contribution in [0, 0.1) is 0 Å². The van der Waals surface area contributed by atoms with Crippen molar-refractivity contribution in [3.8, 4) is 0 Å². The molecule has 1 atom stereocenters. The van der Waals surface area contributed by atoms with Crippen LogP contribution in [0.3, 0.4) is 0 Å². The lowest BCUT2D eigenvalue weighted by Crippen LogP contribution is -2.43. The van der Waals surface area contributed by atoms with Crippen molar-refractivity contribution in [1.82, 2.24) is 14.9 Å². The van der Waals surface area contributed by atoms with Crippen molar-refractivity contribution in [2.24, 2.45) is 0 Å². The summed E-state index contributed by atoms with van der Waals surface area (Å²) in [5, 5.41) is 12.6. The number of sulfonamides is 1. The van der Waals surface area contributed by atoms with Gasteiger partial charge in [-0.25, -0.2) is 13.1 Å². The van der Waals surface area contributed by atoms with Crippen molar-refractivity contribution in [2.45, 2.75) is 43.7 Å². The largest absolute Gasteiger partial charge is 0.396 e. The first-order valence-corrected chi connectivity index (χ1v) is 14.7. The molecule has 10 heteroatoms. The summed E-state index contributed by atoms with van der Waals surface area (Å²) in [5.41, 5.74) is 2.28. The minimum atomic E-state index is -3.57. The first kappa shape index (κ1) is 30.3. The molecule has 1 unspecified atom stereocenters. The van der Waals surface area contributed by atoms with Gasteiger partial charge in [0.05, 0.1) is 4.90 Å². The van der Waals surface area contributed by atoms with Crippen LogP contribution in [0.1, 0.15) is 42.5 Å². The summed E-state index contributed by atoms with van der Waals surface area (Å²) in [6.07, 6.45) is 0.878. The molecule has 0 saturated heterocycles. The maximum atomic E-state index is 13.7. The van der Waals surface area contributed by atoms with E-state index in [-0.39, 0.29) is 49.4 Å². The van der Waals surface area contributed by atoms with Crippen LogP contribution in [0.5, 0.6) is 0 Å². The van der Waals surface area contributed by atoms with Gasteiger partial charge in [-0.1, -0.05) is 73.1 Å². The van der Waals surface area contributed by atoms with Gasteiger partial charge >= 0.3 is 0 Å². The van der Waals surface area contributed by atoms with E-state index in [4.69, 9.17) is 16.7 Å². The van der Waals surface area contributed by atoms with Crippen molar-refractivity contribution >= 4 is 33.4 Å². The van der Waals surface area contributed by atoms with E-state index in [0.29, 0.717) is 23.4 Å². The first-order chi connectivity index (χ1) is 18.7. The van der Waals surface area contributed by atoms with Crippen LogP contribution < -0.4 is 10.0 Å². The molecule has 0 aliphatic rings. The van der Waals surface area contributed by atoms with Crippen LogP contribution in [0.25, 0.3) is 0 Å². The highest BCUT2D eigenvalue weighted by atomic mass is 35.5. The normalized spacial score (nSPS) is 12.1. The van der Waals surface area contributed by atoms with Gasteiger partial charge < -0.3 is 15.3 Å². The predicted octanol–water partition coefficient (Wildman–Crippen LogP) is 3.84. The number of nitrogens with zero attached hydrogens (tertiary/aromatic N) is 1. The Bertz CT molecular complexity index is 1320. The van der Waals surface area contributed by atoms with E-state index in [1.54, 1.807) is 36.1 Å². The molecule has 2 amide bonds. The lowest BCUT2D eigenvalue weighted by Gasteiger charge is -2.32. The fraction of sp³-hybridized carbons (Fsp3) is 0.310.